The van der Waals surface area contributed by atoms with Gasteiger partial charge in [0.05, 0.1) is 29.5 Å². The molecule has 182 valence electrons. The zero-order valence-electron chi connectivity index (χ0n) is 20.2. The predicted molar refractivity (Wildman–Crippen MR) is 144 cm³/mol. The lowest BCUT2D eigenvalue weighted by Gasteiger charge is -2.17. The minimum Gasteiger partial charge on any atom is -0.493 e. The summed E-state index contributed by atoms with van der Waals surface area (Å²) in [7, 11) is 0. The predicted octanol–water partition coefficient (Wildman–Crippen LogP) is 5.73. The lowest BCUT2D eigenvalue weighted by molar-refractivity contribution is 0.0939. The Morgan fingerprint density at radius 1 is 0.829 bits per heavy atom. The molecular formula is C28H31N3O3S. The smallest absolute Gasteiger partial charge is 0.261 e. The fourth-order valence-electron chi connectivity index (χ4n) is 3.40. The minimum atomic E-state index is -0.387. The molecule has 3 aromatic rings. The highest BCUT2D eigenvalue weighted by Gasteiger charge is 2.17. The first-order chi connectivity index (χ1) is 16.8. The van der Waals surface area contributed by atoms with E-state index in [1.807, 2.05) is 43.3 Å². The molecule has 3 aromatic carbocycles. The Balaban J connectivity index is 1.65. The SMILES string of the molecule is CC(C)CCOc1ccccc1C(=O)NC(=S)Nc1ccccc1C(=O)NC(C)c1ccccc1. The van der Waals surface area contributed by atoms with E-state index in [-0.39, 0.29) is 23.0 Å². The maximum atomic E-state index is 13.0. The summed E-state index contributed by atoms with van der Waals surface area (Å²) >= 11 is 5.37. The third-order valence-corrected chi connectivity index (χ3v) is 5.58. The molecule has 0 aliphatic carbocycles. The zero-order valence-corrected chi connectivity index (χ0v) is 21.0. The Hall–Kier alpha value is -3.71. The molecule has 0 heterocycles. The standard InChI is InChI=1S/C28H31N3O3S/c1-19(2)17-18-34-25-16-10-8-14-23(25)27(33)31-28(35)30-24-15-9-7-13-22(24)26(32)29-20(3)21-11-5-4-6-12-21/h4-16,19-20H,17-18H2,1-3H3,(H,29,32)(H2,30,31,33,35). The van der Waals surface area contributed by atoms with Crippen molar-refractivity contribution in [1.82, 2.24) is 10.6 Å². The van der Waals surface area contributed by atoms with E-state index in [1.165, 1.54) is 0 Å². The third-order valence-electron chi connectivity index (χ3n) is 5.38. The summed E-state index contributed by atoms with van der Waals surface area (Å²) in [5, 5.41) is 8.76. The molecule has 35 heavy (non-hydrogen) atoms. The fraction of sp³-hybridized carbons (Fsp3) is 0.250. The largest absolute Gasteiger partial charge is 0.493 e. The first-order valence-corrected chi connectivity index (χ1v) is 12.0. The summed E-state index contributed by atoms with van der Waals surface area (Å²) in [4.78, 5) is 25.9. The van der Waals surface area contributed by atoms with Crippen LogP contribution in [0.2, 0.25) is 0 Å². The van der Waals surface area contributed by atoms with Crippen molar-refractivity contribution in [2.45, 2.75) is 33.2 Å². The van der Waals surface area contributed by atoms with Crippen LogP contribution in [0.15, 0.2) is 78.9 Å². The lowest BCUT2D eigenvalue weighted by atomic mass is 10.1. The van der Waals surface area contributed by atoms with Gasteiger partial charge in [-0.25, -0.2) is 0 Å². The van der Waals surface area contributed by atoms with E-state index in [2.05, 4.69) is 29.8 Å². The van der Waals surface area contributed by atoms with Crippen LogP contribution < -0.4 is 20.7 Å². The van der Waals surface area contributed by atoms with Crippen molar-refractivity contribution in [2.75, 3.05) is 11.9 Å². The molecule has 3 rings (SSSR count). The number of para-hydroxylation sites is 2. The summed E-state index contributed by atoms with van der Waals surface area (Å²) in [5.74, 6) is 0.369. The van der Waals surface area contributed by atoms with Crippen LogP contribution in [0.25, 0.3) is 0 Å². The first-order valence-electron chi connectivity index (χ1n) is 11.6. The number of carbonyl (C=O) groups is 2. The van der Waals surface area contributed by atoms with Crippen LogP contribution in [0, 0.1) is 5.92 Å². The maximum absolute atomic E-state index is 13.0. The molecule has 0 spiro atoms. The number of thiocarbonyl (C=S) groups is 1. The Kier molecular flexibility index (Phi) is 9.38. The number of hydrogen-bond donors (Lipinski definition) is 3. The Morgan fingerprint density at radius 3 is 2.17 bits per heavy atom. The van der Waals surface area contributed by atoms with E-state index >= 15 is 0 Å². The molecule has 1 atom stereocenters. The van der Waals surface area contributed by atoms with Crippen molar-refractivity contribution in [3.63, 3.8) is 0 Å². The van der Waals surface area contributed by atoms with Crippen molar-refractivity contribution < 1.29 is 14.3 Å². The van der Waals surface area contributed by atoms with Gasteiger partial charge >= 0.3 is 0 Å². The van der Waals surface area contributed by atoms with Crippen LogP contribution in [0.1, 0.15) is 59.5 Å². The fourth-order valence-corrected chi connectivity index (χ4v) is 3.60. The number of carbonyl (C=O) groups excluding carboxylic acids is 2. The van der Waals surface area contributed by atoms with Gasteiger partial charge < -0.3 is 15.4 Å². The normalized spacial score (nSPS) is 11.4. The monoisotopic (exact) mass is 489 g/mol. The molecule has 7 heteroatoms. The van der Waals surface area contributed by atoms with Crippen molar-refractivity contribution in [3.8, 4) is 5.75 Å². The van der Waals surface area contributed by atoms with Crippen molar-refractivity contribution in [1.29, 1.82) is 0 Å². The third kappa shape index (κ3) is 7.65. The summed E-state index contributed by atoms with van der Waals surface area (Å²) in [6.07, 6.45) is 0.887. The highest BCUT2D eigenvalue weighted by molar-refractivity contribution is 7.80. The molecule has 6 nitrogen and oxygen atoms in total. The second-order valence-electron chi connectivity index (χ2n) is 8.59. The summed E-state index contributed by atoms with van der Waals surface area (Å²) in [6, 6.07) is 23.6. The van der Waals surface area contributed by atoms with Gasteiger partial charge in [-0.2, -0.15) is 0 Å². The van der Waals surface area contributed by atoms with Crippen molar-refractivity contribution in [3.05, 3.63) is 95.6 Å². The second kappa shape index (κ2) is 12.7. The molecule has 1 unspecified atom stereocenters. The van der Waals surface area contributed by atoms with E-state index in [0.717, 1.165) is 12.0 Å². The Labute approximate surface area is 212 Å². The van der Waals surface area contributed by atoms with Crippen LogP contribution in [0.3, 0.4) is 0 Å². The molecule has 0 aromatic heterocycles. The van der Waals surface area contributed by atoms with Crippen LogP contribution >= 0.6 is 12.2 Å². The Bertz CT molecular complexity index is 1160. The average molecular weight is 490 g/mol. The Morgan fingerprint density at radius 2 is 1.46 bits per heavy atom. The van der Waals surface area contributed by atoms with Crippen LogP contribution in [-0.2, 0) is 0 Å². The van der Waals surface area contributed by atoms with Gasteiger partial charge in [0.25, 0.3) is 11.8 Å². The minimum absolute atomic E-state index is 0.0864. The topological polar surface area (TPSA) is 79.5 Å². The zero-order chi connectivity index (χ0) is 25.2. The molecule has 0 aliphatic rings. The molecule has 0 saturated carbocycles. The van der Waals surface area contributed by atoms with E-state index in [4.69, 9.17) is 17.0 Å². The van der Waals surface area contributed by atoms with Gasteiger partial charge in [0.2, 0.25) is 0 Å². The summed E-state index contributed by atoms with van der Waals surface area (Å²) < 4.78 is 5.82. The van der Waals surface area contributed by atoms with Crippen LogP contribution in [0.5, 0.6) is 5.75 Å². The maximum Gasteiger partial charge on any atom is 0.261 e. The molecule has 0 bridgehead atoms. The quantitative estimate of drug-likeness (QED) is 0.335. The number of benzene rings is 3. The number of amides is 2. The number of nitrogens with one attached hydrogen (secondary N) is 3. The number of hydrogen-bond acceptors (Lipinski definition) is 4. The van der Waals surface area contributed by atoms with Gasteiger partial charge in [-0.1, -0.05) is 68.4 Å². The molecular weight excluding hydrogens is 458 g/mol. The van der Waals surface area contributed by atoms with E-state index in [1.54, 1.807) is 42.5 Å². The van der Waals surface area contributed by atoms with Gasteiger partial charge in [-0.15, -0.1) is 0 Å². The number of rotatable bonds is 9. The second-order valence-corrected chi connectivity index (χ2v) is 9.00. The molecule has 0 saturated heterocycles. The van der Waals surface area contributed by atoms with E-state index in [0.29, 0.717) is 35.1 Å². The van der Waals surface area contributed by atoms with Gasteiger partial charge in [0.1, 0.15) is 5.75 Å². The lowest BCUT2D eigenvalue weighted by Crippen LogP contribution is -2.35. The molecule has 0 fully saturated rings. The van der Waals surface area contributed by atoms with Crippen molar-refractivity contribution in [2.24, 2.45) is 5.92 Å². The van der Waals surface area contributed by atoms with E-state index in [9.17, 15) is 9.59 Å². The van der Waals surface area contributed by atoms with E-state index < -0.39 is 0 Å². The highest BCUT2D eigenvalue weighted by atomic mass is 32.1. The molecule has 0 radical (unpaired) electrons. The summed E-state index contributed by atoms with van der Waals surface area (Å²) in [6.45, 7) is 6.68. The number of anilines is 1. The first kappa shape index (κ1) is 25.9. The van der Waals surface area contributed by atoms with Crippen molar-refractivity contribution >= 4 is 34.8 Å². The molecule has 2 amide bonds. The molecule has 3 N–H and O–H groups in total. The van der Waals surface area contributed by atoms with Gasteiger partial charge in [-0.3, -0.25) is 14.9 Å². The van der Waals surface area contributed by atoms with Crippen LogP contribution in [-0.4, -0.2) is 23.5 Å². The van der Waals surface area contributed by atoms with Gasteiger partial charge in [-0.05, 0) is 61.3 Å². The van der Waals surface area contributed by atoms with Crippen LogP contribution in [0.4, 0.5) is 5.69 Å². The number of ether oxygens (including phenoxy) is 1. The molecule has 0 aliphatic heterocycles. The van der Waals surface area contributed by atoms with Gasteiger partial charge in [0.15, 0.2) is 5.11 Å². The average Bonchev–Trinajstić information content (AvgIpc) is 2.84. The van der Waals surface area contributed by atoms with Gasteiger partial charge in [0, 0.05) is 0 Å². The summed E-state index contributed by atoms with van der Waals surface area (Å²) in [5.41, 5.74) is 2.31. The highest BCUT2D eigenvalue weighted by Crippen LogP contribution is 2.20.